The number of halogens is 1. The first kappa shape index (κ1) is 16.8. The van der Waals surface area contributed by atoms with Crippen molar-refractivity contribution in [3.8, 4) is 5.75 Å². The highest BCUT2D eigenvalue weighted by atomic mass is 35.5. The Morgan fingerprint density at radius 3 is 2.57 bits per heavy atom. The normalized spacial score (nSPS) is 10.1. The fraction of sp³-hybridized carbons (Fsp3) is 0.188. The zero-order valence-electron chi connectivity index (χ0n) is 12.1. The molecule has 0 saturated heterocycles. The summed E-state index contributed by atoms with van der Waals surface area (Å²) in [6.45, 7) is 0.207. The van der Waals surface area contributed by atoms with E-state index in [0.717, 1.165) is 12.0 Å². The van der Waals surface area contributed by atoms with Gasteiger partial charge in [-0.3, -0.25) is 10.1 Å². The van der Waals surface area contributed by atoms with Crippen LogP contribution in [0.4, 0.5) is 10.5 Å². The summed E-state index contributed by atoms with van der Waals surface area (Å²) in [5.41, 5.74) is 0.983. The van der Waals surface area contributed by atoms with Gasteiger partial charge in [-0.15, -0.1) is 0 Å². The van der Waals surface area contributed by atoms with Gasteiger partial charge in [0.05, 0.1) is 11.5 Å². The van der Waals surface area contributed by atoms with E-state index in [4.69, 9.17) is 21.1 Å². The second kappa shape index (κ2) is 8.14. The molecule has 2 aromatic carbocycles. The smallest absolute Gasteiger partial charge is 0.434 e. The van der Waals surface area contributed by atoms with Crippen LogP contribution < -0.4 is 4.74 Å². The summed E-state index contributed by atoms with van der Waals surface area (Å²) in [4.78, 5) is 21.5. The molecule has 0 aliphatic rings. The van der Waals surface area contributed by atoms with Gasteiger partial charge in [0, 0.05) is 17.2 Å². The number of nitro benzene ring substituents is 1. The molecule has 0 unspecified atom stereocenters. The minimum absolute atomic E-state index is 0.0766. The second-order valence-corrected chi connectivity index (χ2v) is 5.12. The lowest BCUT2D eigenvalue weighted by molar-refractivity contribution is -0.384. The fourth-order valence-electron chi connectivity index (χ4n) is 1.89. The van der Waals surface area contributed by atoms with E-state index in [0.29, 0.717) is 11.4 Å². The first-order valence-electron chi connectivity index (χ1n) is 6.88. The number of ether oxygens (including phenoxy) is 2. The van der Waals surface area contributed by atoms with Crippen LogP contribution in [0.25, 0.3) is 0 Å². The van der Waals surface area contributed by atoms with Crippen LogP contribution in [0, 0.1) is 10.1 Å². The van der Waals surface area contributed by atoms with Gasteiger partial charge in [0.15, 0.2) is 0 Å². The predicted octanol–water partition coefficient (Wildman–Crippen LogP) is 4.40. The number of hydrogen-bond donors (Lipinski definition) is 0. The average molecular weight is 336 g/mol. The lowest BCUT2D eigenvalue weighted by atomic mass is 10.1. The van der Waals surface area contributed by atoms with E-state index in [-0.39, 0.29) is 18.0 Å². The van der Waals surface area contributed by atoms with E-state index in [1.165, 1.54) is 24.3 Å². The molecule has 0 heterocycles. The topological polar surface area (TPSA) is 78.7 Å². The van der Waals surface area contributed by atoms with Crippen molar-refractivity contribution in [1.29, 1.82) is 0 Å². The Morgan fingerprint density at radius 2 is 1.91 bits per heavy atom. The minimum Gasteiger partial charge on any atom is -0.434 e. The third-order valence-electron chi connectivity index (χ3n) is 2.97. The van der Waals surface area contributed by atoms with Crippen molar-refractivity contribution < 1.29 is 19.2 Å². The lowest BCUT2D eigenvalue weighted by Crippen LogP contribution is -2.11. The van der Waals surface area contributed by atoms with Crippen LogP contribution in [-0.2, 0) is 11.2 Å². The van der Waals surface area contributed by atoms with Gasteiger partial charge < -0.3 is 9.47 Å². The highest BCUT2D eigenvalue weighted by Gasteiger charge is 2.09. The molecule has 0 bridgehead atoms. The molecule has 7 heteroatoms. The Balaban J connectivity index is 1.71. The fourth-order valence-corrected chi connectivity index (χ4v) is 2.10. The van der Waals surface area contributed by atoms with Crippen LogP contribution in [0.2, 0.25) is 5.02 Å². The molecule has 0 aromatic heterocycles. The first-order chi connectivity index (χ1) is 11.0. The summed E-state index contributed by atoms with van der Waals surface area (Å²) in [5, 5.41) is 11.2. The second-order valence-electron chi connectivity index (χ2n) is 4.69. The standard InChI is InChI=1S/C16H14ClNO5/c17-13-5-1-3-12(11-13)4-2-10-22-16(19)23-15-8-6-14(7-9-15)18(20)21/h1,3,5-9,11H,2,4,10H2. The Labute approximate surface area is 137 Å². The van der Waals surface area contributed by atoms with E-state index >= 15 is 0 Å². The summed E-state index contributed by atoms with van der Waals surface area (Å²) >= 11 is 5.88. The van der Waals surface area contributed by atoms with Crippen LogP contribution in [-0.4, -0.2) is 17.7 Å². The number of carbonyl (C=O) groups excluding carboxylic acids is 1. The zero-order chi connectivity index (χ0) is 16.7. The van der Waals surface area contributed by atoms with E-state index < -0.39 is 11.1 Å². The zero-order valence-corrected chi connectivity index (χ0v) is 12.9. The molecule has 2 aromatic rings. The molecule has 6 nitrogen and oxygen atoms in total. The average Bonchev–Trinajstić information content (AvgIpc) is 2.52. The molecule has 0 fully saturated rings. The van der Waals surface area contributed by atoms with Crippen molar-refractivity contribution in [1.82, 2.24) is 0 Å². The van der Waals surface area contributed by atoms with E-state index in [2.05, 4.69) is 0 Å². The first-order valence-corrected chi connectivity index (χ1v) is 7.26. The van der Waals surface area contributed by atoms with Crippen molar-refractivity contribution in [2.75, 3.05) is 6.61 Å². The molecule has 0 amide bonds. The van der Waals surface area contributed by atoms with Crippen molar-refractivity contribution in [2.45, 2.75) is 12.8 Å². The van der Waals surface area contributed by atoms with E-state index in [1.807, 2.05) is 18.2 Å². The van der Waals surface area contributed by atoms with Gasteiger partial charge in [0.1, 0.15) is 5.75 Å². The molecule has 2 rings (SSSR count). The molecule has 0 N–H and O–H groups in total. The number of benzene rings is 2. The Kier molecular flexibility index (Phi) is 5.94. The van der Waals surface area contributed by atoms with Gasteiger partial charge in [-0.1, -0.05) is 23.7 Å². The summed E-state index contributed by atoms with van der Waals surface area (Å²) in [7, 11) is 0. The summed E-state index contributed by atoms with van der Waals surface area (Å²) < 4.78 is 9.86. The van der Waals surface area contributed by atoms with Gasteiger partial charge in [-0.2, -0.15) is 0 Å². The lowest BCUT2D eigenvalue weighted by Gasteiger charge is -2.06. The Morgan fingerprint density at radius 1 is 1.17 bits per heavy atom. The number of nitrogens with zero attached hydrogens (tertiary/aromatic N) is 1. The van der Waals surface area contributed by atoms with Crippen LogP contribution in [0.15, 0.2) is 48.5 Å². The number of carbonyl (C=O) groups is 1. The van der Waals surface area contributed by atoms with Crippen molar-refractivity contribution in [2.24, 2.45) is 0 Å². The van der Waals surface area contributed by atoms with Crippen molar-refractivity contribution >= 4 is 23.4 Å². The maximum atomic E-state index is 11.5. The molecular formula is C16H14ClNO5. The van der Waals surface area contributed by atoms with Crippen LogP contribution in [0.3, 0.4) is 0 Å². The van der Waals surface area contributed by atoms with Crippen molar-refractivity contribution in [3.05, 3.63) is 69.2 Å². The molecule has 120 valence electrons. The summed E-state index contributed by atoms with van der Waals surface area (Å²) in [6.07, 6.45) is 0.520. The molecular weight excluding hydrogens is 322 g/mol. The van der Waals surface area contributed by atoms with Gasteiger partial charge >= 0.3 is 6.16 Å². The molecule has 0 radical (unpaired) electrons. The van der Waals surface area contributed by atoms with E-state index in [9.17, 15) is 14.9 Å². The highest BCUT2D eigenvalue weighted by Crippen LogP contribution is 2.17. The molecule has 23 heavy (non-hydrogen) atoms. The quantitative estimate of drug-likeness (QED) is 0.257. The number of rotatable bonds is 6. The van der Waals surface area contributed by atoms with Gasteiger partial charge in [-0.05, 0) is 42.7 Å². The van der Waals surface area contributed by atoms with Crippen molar-refractivity contribution in [3.63, 3.8) is 0 Å². The SMILES string of the molecule is O=C(OCCCc1cccc(Cl)c1)Oc1ccc([N+](=O)[O-])cc1. The third-order valence-corrected chi connectivity index (χ3v) is 3.20. The van der Waals surface area contributed by atoms with Gasteiger partial charge in [0.2, 0.25) is 0 Å². The summed E-state index contributed by atoms with van der Waals surface area (Å²) in [6, 6.07) is 12.6. The highest BCUT2D eigenvalue weighted by molar-refractivity contribution is 6.30. The van der Waals surface area contributed by atoms with Gasteiger partial charge in [-0.25, -0.2) is 4.79 Å². The minimum atomic E-state index is -0.843. The molecule has 0 atom stereocenters. The van der Waals surface area contributed by atoms with E-state index in [1.54, 1.807) is 6.07 Å². The van der Waals surface area contributed by atoms with Crippen LogP contribution in [0.1, 0.15) is 12.0 Å². The van der Waals surface area contributed by atoms with Crippen LogP contribution in [0.5, 0.6) is 5.75 Å². The number of nitro groups is 1. The predicted molar refractivity (Wildman–Crippen MR) is 84.8 cm³/mol. The largest absolute Gasteiger partial charge is 0.513 e. The maximum absolute atomic E-state index is 11.5. The van der Waals surface area contributed by atoms with Crippen LogP contribution >= 0.6 is 11.6 Å². The number of hydrogen-bond acceptors (Lipinski definition) is 5. The summed E-state index contributed by atoms with van der Waals surface area (Å²) in [5.74, 6) is 0.190. The Hall–Kier alpha value is -2.60. The maximum Gasteiger partial charge on any atom is 0.513 e. The monoisotopic (exact) mass is 335 g/mol. The molecule has 0 spiro atoms. The number of aryl methyl sites for hydroxylation is 1. The third kappa shape index (κ3) is 5.60. The molecule has 0 aliphatic carbocycles. The number of non-ortho nitro benzene ring substituents is 1. The molecule has 0 aliphatic heterocycles. The Bertz CT molecular complexity index is 687. The van der Waals surface area contributed by atoms with Gasteiger partial charge in [0.25, 0.3) is 5.69 Å². The molecule has 0 saturated carbocycles.